The summed E-state index contributed by atoms with van der Waals surface area (Å²) >= 11 is 0. The van der Waals surface area contributed by atoms with E-state index in [0.29, 0.717) is 34.0 Å². The molecule has 1 heterocycles. The third-order valence-corrected chi connectivity index (χ3v) is 13.0. The van der Waals surface area contributed by atoms with E-state index in [1.54, 1.807) is 0 Å². The first-order valence-electron chi connectivity index (χ1n) is 13.7. The largest absolute Gasteiger partial charge is 0.459 e. The molecule has 0 N–H and O–H groups in total. The molecular formula is C29H46O2. The maximum Gasteiger partial charge on any atom is 0.313 e. The van der Waals surface area contributed by atoms with Gasteiger partial charge in [0.2, 0.25) is 0 Å². The molecular weight excluding hydrogens is 380 g/mol. The van der Waals surface area contributed by atoms with E-state index in [-0.39, 0.29) is 17.0 Å². The highest BCUT2D eigenvalue weighted by Crippen LogP contribution is 2.75. The molecule has 31 heavy (non-hydrogen) atoms. The fraction of sp³-hybridized carbons (Fsp3) is 0.966. The summed E-state index contributed by atoms with van der Waals surface area (Å²) in [7, 11) is 0. The van der Waals surface area contributed by atoms with Crippen molar-refractivity contribution in [3.63, 3.8) is 0 Å². The van der Waals surface area contributed by atoms with Crippen molar-refractivity contribution in [1.29, 1.82) is 0 Å². The number of cyclic esters (lactones) is 1. The molecule has 2 bridgehead atoms. The van der Waals surface area contributed by atoms with E-state index in [0.717, 1.165) is 24.2 Å². The molecule has 6 rings (SSSR count). The molecule has 0 spiro atoms. The summed E-state index contributed by atoms with van der Waals surface area (Å²) in [6, 6.07) is 0. The van der Waals surface area contributed by atoms with Crippen molar-refractivity contribution < 1.29 is 9.53 Å². The Hall–Kier alpha value is -0.530. The van der Waals surface area contributed by atoms with Gasteiger partial charge in [0.1, 0.15) is 5.60 Å². The van der Waals surface area contributed by atoms with Gasteiger partial charge in [0.05, 0.1) is 5.41 Å². The second-order valence-corrected chi connectivity index (χ2v) is 14.7. The van der Waals surface area contributed by atoms with Gasteiger partial charge in [-0.05, 0) is 124 Å². The highest BCUT2D eigenvalue weighted by Gasteiger charge is 2.72. The number of carbonyl (C=O) groups excluding carboxylic acids is 1. The summed E-state index contributed by atoms with van der Waals surface area (Å²) in [4.78, 5) is 13.7. The zero-order chi connectivity index (χ0) is 22.0. The Morgan fingerprint density at radius 1 is 0.645 bits per heavy atom. The molecule has 0 amide bonds. The summed E-state index contributed by atoms with van der Waals surface area (Å²) < 4.78 is 6.23. The Morgan fingerprint density at radius 3 is 2.10 bits per heavy atom. The van der Waals surface area contributed by atoms with Crippen LogP contribution in [-0.4, -0.2) is 11.6 Å². The highest BCUT2D eigenvalue weighted by atomic mass is 16.6. The number of fused-ring (bicyclic) bond motifs is 5. The Morgan fingerprint density at radius 2 is 1.32 bits per heavy atom. The normalized spacial score (nSPS) is 56.5. The third-order valence-electron chi connectivity index (χ3n) is 13.0. The van der Waals surface area contributed by atoms with E-state index >= 15 is 0 Å². The predicted octanol–water partition coefficient (Wildman–Crippen LogP) is 7.40. The zero-order valence-electron chi connectivity index (χ0n) is 21.1. The zero-order valence-corrected chi connectivity index (χ0v) is 21.1. The van der Waals surface area contributed by atoms with Gasteiger partial charge in [-0.25, -0.2) is 0 Å². The molecule has 1 saturated heterocycles. The lowest BCUT2D eigenvalue weighted by Crippen LogP contribution is -2.65. The minimum Gasteiger partial charge on any atom is -0.459 e. The first kappa shape index (κ1) is 21.0. The van der Waals surface area contributed by atoms with E-state index in [9.17, 15) is 4.79 Å². The molecule has 0 aromatic rings. The Kier molecular flexibility index (Phi) is 4.15. The van der Waals surface area contributed by atoms with Crippen LogP contribution in [0.3, 0.4) is 0 Å². The standard InChI is InChI=1S/C29H46O2/c1-25(2)14-7-15-28(6)22(25)13-16-27(5)19-8-9-20-18-12-17-29(20,21(19)10-11-23(27)28)24(30)31-26(18,3)4/h18-23H,7-17H2,1-6H3. The maximum absolute atomic E-state index is 13.7. The molecule has 0 aromatic heterocycles. The van der Waals surface area contributed by atoms with Gasteiger partial charge in [0, 0.05) is 5.92 Å². The Balaban J connectivity index is 1.38. The molecule has 0 aromatic carbocycles. The summed E-state index contributed by atoms with van der Waals surface area (Å²) in [5.74, 6) is 4.42. The van der Waals surface area contributed by atoms with E-state index in [1.165, 1.54) is 64.2 Å². The van der Waals surface area contributed by atoms with Gasteiger partial charge < -0.3 is 4.74 Å². The van der Waals surface area contributed by atoms with Crippen LogP contribution in [0, 0.1) is 57.2 Å². The quantitative estimate of drug-likeness (QED) is 0.377. The third kappa shape index (κ3) is 2.39. The van der Waals surface area contributed by atoms with Gasteiger partial charge in [-0.1, -0.05) is 34.1 Å². The minimum absolute atomic E-state index is 0.138. The number of rotatable bonds is 0. The SMILES string of the molecule is CC1(C)CCCC2(C)C1CCC1(C)C3CCC4C5CCC4(C(=O)OC5(C)C)C3CCC12. The predicted molar refractivity (Wildman–Crippen MR) is 124 cm³/mol. The van der Waals surface area contributed by atoms with Gasteiger partial charge in [-0.2, -0.15) is 0 Å². The molecule has 2 nitrogen and oxygen atoms in total. The average Bonchev–Trinajstić information content (AvgIpc) is 3.04. The lowest BCUT2D eigenvalue weighted by atomic mass is 9.35. The summed E-state index contributed by atoms with van der Waals surface area (Å²) in [6.07, 6.45) is 14.7. The van der Waals surface area contributed by atoms with Gasteiger partial charge in [-0.15, -0.1) is 0 Å². The van der Waals surface area contributed by atoms with E-state index < -0.39 is 0 Å². The van der Waals surface area contributed by atoms with Crippen LogP contribution < -0.4 is 0 Å². The molecule has 174 valence electrons. The molecule has 9 atom stereocenters. The number of hydrogen-bond donors (Lipinski definition) is 0. The average molecular weight is 427 g/mol. The van der Waals surface area contributed by atoms with E-state index in [2.05, 4.69) is 41.5 Å². The van der Waals surface area contributed by atoms with Crippen molar-refractivity contribution in [2.75, 3.05) is 0 Å². The van der Waals surface area contributed by atoms with Crippen LogP contribution in [0.2, 0.25) is 0 Å². The fourth-order valence-electron chi connectivity index (χ4n) is 12.0. The van der Waals surface area contributed by atoms with E-state index in [4.69, 9.17) is 4.74 Å². The maximum atomic E-state index is 13.7. The Labute approximate surface area is 190 Å². The Bertz CT molecular complexity index is 797. The van der Waals surface area contributed by atoms with E-state index in [1.807, 2.05) is 0 Å². The smallest absolute Gasteiger partial charge is 0.313 e. The van der Waals surface area contributed by atoms with Gasteiger partial charge >= 0.3 is 5.97 Å². The number of esters is 1. The molecule has 0 radical (unpaired) electrons. The van der Waals surface area contributed by atoms with Crippen molar-refractivity contribution in [3.05, 3.63) is 0 Å². The van der Waals surface area contributed by atoms with Crippen LogP contribution in [0.5, 0.6) is 0 Å². The van der Waals surface area contributed by atoms with Crippen LogP contribution in [0.1, 0.15) is 112 Å². The lowest BCUT2D eigenvalue weighted by Gasteiger charge is -2.69. The summed E-state index contributed by atoms with van der Waals surface area (Å²) in [5, 5.41) is 0. The van der Waals surface area contributed by atoms with Gasteiger partial charge in [0.15, 0.2) is 0 Å². The van der Waals surface area contributed by atoms with Crippen LogP contribution in [0.25, 0.3) is 0 Å². The van der Waals surface area contributed by atoms with Gasteiger partial charge in [-0.3, -0.25) is 4.79 Å². The van der Waals surface area contributed by atoms with Crippen LogP contribution in [-0.2, 0) is 9.53 Å². The second-order valence-electron chi connectivity index (χ2n) is 14.7. The molecule has 2 heteroatoms. The van der Waals surface area contributed by atoms with Crippen LogP contribution in [0.4, 0.5) is 0 Å². The molecule has 6 fully saturated rings. The number of ether oxygens (including phenoxy) is 1. The van der Waals surface area contributed by atoms with Crippen molar-refractivity contribution >= 4 is 5.97 Å². The fourth-order valence-corrected chi connectivity index (χ4v) is 12.0. The van der Waals surface area contributed by atoms with Crippen molar-refractivity contribution in [1.82, 2.24) is 0 Å². The van der Waals surface area contributed by atoms with Crippen LogP contribution >= 0.6 is 0 Å². The molecule has 6 aliphatic rings. The van der Waals surface area contributed by atoms with Gasteiger partial charge in [0.25, 0.3) is 0 Å². The number of carbonyl (C=O) groups is 1. The minimum atomic E-state index is -0.255. The monoisotopic (exact) mass is 426 g/mol. The lowest BCUT2D eigenvalue weighted by molar-refractivity contribution is -0.234. The molecule has 1 aliphatic heterocycles. The first-order valence-corrected chi connectivity index (χ1v) is 13.7. The molecule has 9 unspecified atom stereocenters. The van der Waals surface area contributed by atoms with Crippen molar-refractivity contribution in [3.8, 4) is 0 Å². The van der Waals surface area contributed by atoms with Crippen LogP contribution in [0.15, 0.2) is 0 Å². The summed E-state index contributed by atoms with van der Waals surface area (Å²) in [6.45, 7) is 14.9. The molecule has 5 saturated carbocycles. The first-order chi connectivity index (χ1) is 14.5. The highest BCUT2D eigenvalue weighted by molar-refractivity contribution is 5.80. The second kappa shape index (κ2) is 6.12. The van der Waals surface area contributed by atoms with Crippen molar-refractivity contribution in [2.45, 2.75) is 118 Å². The molecule has 5 aliphatic carbocycles. The van der Waals surface area contributed by atoms with Crippen molar-refractivity contribution in [2.24, 2.45) is 57.2 Å². The number of hydrogen-bond acceptors (Lipinski definition) is 2. The topological polar surface area (TPSA) is 26.3 Å². The summed E-state index contributed by atoms with van der Waals surface area (Å²) in [5.41, 5.74) is 1.03.